The minimum Gasteiger partial charge on any atom is -0.337 e. The van der Waals surface area contributed by atoms with Crippen molar-refractivity contribution in [1.82, 2.24) is 4.90 Å². The minimum absolute atomic E-state index is 0.0268. The fourth-order valence-electron chi connectivity index (χ4n) is 3.62. The largest absolute Gasteiger partial charge is 0.337 e. The lowest BCUT2D eigenvalue weighted by Gasteiger charge is -2.15. The second-order valence-electron chi connectivity index (χ2n) is 6.96. The van der Waals surface area contributed by atoms with Crippen molar-refractivity contribution in [2.45, 2.75) is 4.90 Å². The van der Waals surface area contributed by atoms with Crippen molar-refractivity contribution in [3.05, 3.63) is 89.3 Å². The zero-order chi connectivity index (χ0) is 20.7. The molecule has 4 nitrogen and oxygen atoms in total. The molecule has 0 bridgehead atoms. The monoisotopic (exact) mass is 429 g/mol. The van der Waals surface area contributed by atoms with Crippen LogP contribution in [0.4, 0.5) is 11.4 Å². The maximum absolute atomic E-state index is 13.3. The second kappa shape index (κ2) is 7.70. The fourth-order valence-corrected chi connectivity index (χ4v) is 5.96. The Morgan fingerprint density at radius 1 is 1.00 bits per heavy atom. The van der Waals surface area contributed by atoms with Gasteiger partial charge in [0.15, 0.2) is 5.17 Å². The van der Waals surface area contributed by atoms with Gasteiger partial charge in [-0.05, 0) is 35.3 Å². The smallest absolute Gasteiger partial charge is 0.269 e. The number of benzene rings is 3. The molecule has 0 atom stereocenters. The van der Waals surface area contributed by atoms with Crippen LogP contribution in [0.25, 0.3) is 10.8 Å². The minimum atomic E-state index is -0.0268. The molecule has 148 valence electrons. The average Bonchev–Trinajstić information content (AvgIpc) is 3.26. The molecule has 5 rings (SSSR count). The molecule has 2 aliphatic heterocycles. The quantitative estimate of drug-likeness (QED) is 0.378. The maximum Gasteiger partial charge on any atom is 0.269 e. The number of amidine groups is 1. The Morgan fingerprint density at radius 3 is 2.60 bits per heavy atom. The lowest BCUT2D eigenvalue weighted by Crippen LogP contribution is -2.29. The molecule has 1 amide bonds. The summed E-state index contributed by atoms with van der Waals surface area (Å²) >= 11 is 3.07. The van der Waals surface area contributed by atoms with Gasteiger partial charge in [-0.3, -0.25) is 9.69 Å². The van der Waals surface area contributed by atoms with Gasteiger partial charge in [-0.1, -0.05) is 66.4 Å². The van der Waals surface area contributed by atoms with Crippen LogP contribution in [0.5, 0.6) is 0 Å². The number of rotatable bonds is 3. The van der Waals surface area contributed by atoms with Crippen LogP contribution in [0.3, 0.4) is 0 Å². The van der Waals surface area contributed by atoms with Crippen molar-refractivity contribution in [3.63, 3.8) is 0 Å². The van der Waals surface area contributed by atoms with E-state index in [1.165, 1.54) is 11.8 Å². The van der Waals surface area contributed by atoms with Crippen LogP contribution >= 0.6 is 23.5 Å². The third-order valence-corrected chi connectivity index (χ3v) is 7.52. The first-order chi connectivity index (χ1) is 14.7. The van der Waals surface area contributed by atoms with Gasteiger partial charge in [0, 0.05) is 23.9 Å². The number of hydrogen-bond acceptors (Lipinski definition) is 5. The Morgan fingerprint density at radius 2 is 1.77 bits per heavy atom. The average molecular weight is 430 g/mol. The molecule has 6 heteroatoms. The van der Waals surface area contributed by atoms with E-state index in [0.717, 1.165) is 32.1 Å². The number of aliphatic imine (C=N–C) groups is 1. The van der Waals surface area contributed by atoms with E-state index >= 15 is 0 Å². The van der Waals surface area contributed by atoms with E-state index in [1.54, 1.807) is 22.7 Å². The molecule has 0 spiro atoms. The molecule has 0 radical (unpaired) electrons. The van der Waals surface area contributed by atoms with E-state index in [4.69, 9.17) is 4.99 Å². The number of para-hydroxylation sites is 1. The van der Waals surface area contributed by atoms with Crippen molar-refractivity contribution in [2.24, 2.45) is 4.99 Å². The van der Waals surface area contributed by atoms with E-state index in [9.17, 15) is 4.79 Å². The van der Waals surface area contributed by atoms with Crippen molar-refractivity contribution in [2.75, 3.05) is 18.5 Å². The first-order valence-corrected chi connectivity index (χ1v) is 11.2. The fraction of sp³-hybridized carbons (Fsp3) is 0.0833. The van der Waals surface area contributed by atoms with Gasteiger partial charge in [-0.2, -0.15) is 0 Å². The van der Waals surface area contributed by atoms with Crippen LogP contribution < -0.4 is 4.90 Å². The Hall–Kier alpha value is -2.96. The van der Waals surface area contributed by atoms with E-state index in [-0.39, 0.29) is 5.91 Å². The van der Waals surface area contributed by atoms with Gasteiger partial charge in [-0.25, -0.2) is 4.99 Å². The molecular formula is C24H19N3OS2. The molecule has 0 saturated carbocycles. The second-order valence-corrected chi connectivity index (χ2v) is 8.97. The molecule has 3 aromatic carbocycles. The highest BCUT2D eigenvalue weighted by molar-refractivity contribution is 8.19. The predicted octanol–water partition coefficient (Wildman–Crippen LogP) is 6.00. The van der Waals surface area contributed by atoms with Crippen molar-refractivity contribution < 1.29 is 4.79 Å². The number of amides is 1. The normalized spacial score (nSPS) is 19.8. The number of nitrogens with zero attached hydrogens (tertiary/aromatic N) is 3. The van der Waals surface area contributed by atoms with Crippen molar-refractivity contribution >= 4 is 56.7 Å². The molecule has 0 N–H and O–H groups in total. The molecule has 3 aromatic rings. The van der Waals surface area contributed by atoms with Gasteiger partial charge in [-0.15, -0.1) is 6.58 Å². The standard InChI is InChI=1S/C24H19N3OS2/c1-3-15-27-22(28)21(23-26(2)19-13-6-7-14-20(19)29-23)30-24(27)25-18-12-8-10-16-9-4-5-11-17(16)18/h3-14H,1,15H2,2H3/b23-21-,25-24?. The highest BCUT2D eigenvalue weighted by Gasteiger charge is 2.38. The van der Waals surface area contributed by atoms with Crippen LogP contribution in [-0.2, 0) is 4.79 Å². The Labute approximate surface area is 184 Å². The van der Waals surface area contributed by atoms with Gasteiger partial charge in [0.2, 0.25) is 0 Å². The molecule has 1 fully saturated rings. The third kappa shape index (κ3) is 3.13. The molecular weight excluding hydrogens is 410 g/mol. The third-order valence-electron chi connectivity index (χ3n) is 5.09. The zero-order valence-corrected chi connectivity index (χ0v) is 18.0. The van der Waals surface area contributed by atoms with E-state index in [2.05, 4.69) is 41.8 Å². The highest BCUT2D eigenvalue weighted by atomic mass is 32.2. The number of carbonyl (C=O) groups is 1. The van der Waals surface area contributed by atoms with Gasteiger partial charge in [0.25, 0.3) is 5.91 Å². The van der Waals surface area contributed by atoms with Gasteiger partial charge < -0.3 is 4.90 Å². The molecule has 2 heterocycles. The molecule has 0 unspecified atom stereocenters. The van der Waals surface area contributed by atoms with E-state index in [1.807, 2.05) is 43.4 Å². The van der Waals surface area contributed by atoms with E-state index < -0.39 is 0 Å². The summed E-state index contributed by atoms with van der Waals surface area (Å²) in [4.78, 5) is 23.9. The predicted molar refractivity (Wildman–Crippen MR) is 128 cm³/mol. The highest BCUT2D eigenvalue weighted by Crippen LogP contribution is 2.50. The molecule has 0 aromatic heterocycles. The summed E-state index contributed by atoms with van der Waals surface area (Å²) in [5.74, 6) is -0.0268. The van der Waals surface area contributed by atoms with Crippen LogP contribution in [0.15, 0.2) is 99.2 Å². The SMILES string of the molecule is C=CCN1C(=O)/C(=C2/Sc3ccccc3N2C)SC1=Nc1cccc2ccccc12. The summed E-state index contributed by atoms with van der Waals surface area (Å²) < 4.78 is 0. The molecule has 2 aliphatic rings. The first kappa shape index (κ1) is 19.0. The van der Waals surface area contributed by atoms with E-state index in [0.29, 0.717) is 16.6 Å². The van der Waals surface area contributed by atoms with Crippen LogP contribution in [0.2, 0.25) is 0 Å². The molecule has 30 heavy (non-hydrogen) atoms. The van der Waals surface area contributed by atoms with Gasteiger partial charge in [0.05, 0.1) is 16.4 Å². The van der Waals surface area contributed by atoms with Crippen molar-refractivity contribution in [3.8, 4) is 0 Å². The summed E-state index contributed by atoms with van der Waals surface area (Å²) in [6.07, 6.45) is 1.74. The lowest BCUT2D eigenvalue weighted by atomic mass is 10.1. The summed E-state index contributed by atoms with van der Waals surface area (Å²) in [6, 6.07) is 22.4. The van der Waals surface area contributed by atoms with Crippen molar-refractivity contribution in [1.29, 1.82) is 0 Å². The summed E-state index contributed by atoms with van der Waals surface area (Å²) in [7, 11) is 2.01. The Balaban J connectivity index is 1.59. The van der Waals surface area contributed by atoms with Crippen LogP contribution in [-0.4, -0.2) is 29.6 Å². The summed E-state index contributed by atoms with van der Waals surface area (Å²) in [6.45, 7) is 4.25. The topological polar surface area (TPSA) is 35.9 Å². The summed E-state index contributed by atoms with van der Waals surface area (Å²) in [5, 5.41) is 3.83. The Bertz CT molecular complexity index is 1240. The maximum atomic E-state index is 13.3. The number of fused-ring (bicyclic) bond motifs is 2. The molecule has 0 aliphatic carbocycles. The number of anilines is 1. The van der Waals surface area contributed by atoms with Gasteiger partial charge in [0.1, 0.15) is 4.91 Å². The Kier molecular flexibility index (Phi) is 4.89. The first-order valence-electron chi connectivity index (χ1n) is 9.59. The number of thioether (sulfide) groups is 2. The zero-order valence-electron chi connectivity index (χ0n) is 16.4. The van der Waals surface area contributed by atoms with Crippen LogP contribution in [0, 0.1) is 0 Å². The molecule has 1 saturated heterocycles. The lowest BCUT2D eigenvalue weighted by molar-refractivity contribution is -0.121. The number of hydrogen-bond donors (Lipinski definition) is 0. The van der Waals surface area contributed by atoms with Crippen LogP contribution in [0.1, 0.15) is 0 Å². The number of carbonyl (C=O) groups excluding carboxylic acids is 1. The van der Waals surface area contributed by atoms with Gasteiger partial charge >= 0.3 is 0 Å². The summed E-state index contributed by atoms with van der Waals surface area (Å²) in [5.41, 5.74) is 1.98.